The number of halogens is 6. The molecule has 100 valence electrons. The topological polar surface area (TPSA) is 39.2 Å². The maximum Gasteiger partial charge on any atom is 0.417 e. The summed E-state index contributed by atoms with van der Waals surface area (Å²) >= 11 is 5.33. The Bertz CT molecular complexity index is 475. The number of methoxy groups -OCH3 is 1. The summed E-state index contributed by atoms with van der Waals surface area (Å²) in [6.07, 6.45) is -8.35. The second kappa shape index (κ2) is 5.05. The zero-order valence-corrected chi connectivity index (χ0v) is 9.44. The molecule has 18 heavy (non-hydrogen) atoms. The fraction of sp³-hybridized carbons (Fsp3) is 0.333. The summed E-state index contributed by atoms with van der Waals surface area (Å²) in [6, 6.07) is 0. The van der Waals surface area contributed by atoms with Crippen molar-refractivity contribution < 1.29 is 31.5 Å². The van der Waals surface area contributed by atoms with Crippen LogP contribution in [0.4, 0.5) is 22.0 Å². The molecule has 0 aromatic carbocycles. The van der Waals surface area contributed by atoms with Gasteiger partial charge in [-0.1, -0.05) is 11.6 Å². The molecule has 0 saturated carbocycles. The van der Waals surface area contributed by atoms with E-state index >= 15 is 0 Å². The maximum atomic E-state index is 12.7. The van der Waals surface area contributed by atoms with Crippen LogP contribution in [0.2, 0.25) is 5.15 Å². The molecule has 0 amide bonds. The van der Waals surface area contributed by atoms with E-state index < -0.39 is 40.4 Å². The van der Waals surface area contributed by atoms with Crippen molar-refractivity contribution in [1.29, 1.82) is 0 Å². The van der Waals surface area contributed by atoms with Gasteiger partial charge in [0.05, 0.1) is 12.7 Å². The molecule has 0 aliphatic heterocycles. The van der Waals surface area contributed by atoms with Crippen molar-refractivity contribution in [2.75, 3.05) is 7.11 Å². The average molecular weight is 290 g/mol. The van der Waals surface area contributed by atoms with Gasteiger partial charge in [-0.2, -0.15) is 13.2 Å². The summed E-state index contributed by atoms with van der Waals surface area (Å²) in [7, 11) is 0.799. The van der Waals surface area contributed by atoms with Gasteiger partial charge >= 0.3 is 12.1 Å². The van der Waals surface area contributed by atoms with Crippen LogP contribution >= 0.6 is 11.6 Å². The van der Waals surface area contributed by atoms with E-state index in [0.29, 0.717) is 0 Å². The van der Waals surface area contributed by atoms with Gasteiger partial charge in [0.2, 0.25) is 0 Å². The Morgan fingerprint density at radius 2 is 2.00 bits per heavy atom. The lowest BCUT2D eigenvalue weighted by Crippen LogP contribution is -2.19. The Balaban J connectivity index is 3.67. The zero-order chi connectivity index (χ0) is 14.1. The Morgan fingerprint density at radius 3 is 2.39 bits per heavy atom. The number of esters is 1. The molecule has 0 aliphatic rings. The normalized spacial score (nSPS) is 11.8. The van der Waals surface area contributed by atoms with Gasteiger partial charge in [0, 0.05) is 11.8 Å². The molecule has 0 unspecified atom stereocenters. The molecule has 0 saturated heterocycles. The van der Waals surface area contributed by atoms with Crippen molar-refractivity contribution in [3.05, 3.63) is 28.0 Å². The minimum Gasteiger partial charge on any atom is -0.465 e. The number of carbonyl (C=O) groups is 1. The first-order valence-corrected chi connectivity index (χ1v) is 4.70. The van der Waals surface area contributed by atoms with E-state index in [1.807, 2.05) is 0 Å². The maximum absolute atomic E-state index is 12.7. The minimum atomic E-state index is -5.18. The number of pyridine rings is 1. The number of hydrogen-bond donors (Lipinski definition) is 0. The van der Waals surface area contributed by atoms with Crippen LogP contribution in [0, 0.1) is 0 Å². The van der Waals surface area contributed by atoms with E-state index in [1.54, 1.807) is 0 Å². The summed E-state index contributed by atoms with van der Waals surface area (Å²) in [5, 5.41) is -0.849. The van der Waals surface area contributed by atoms with E-state index in [2.05, 4.69) is 9.72 Å². The molecule has 1 heterocycles. The third-order valence-corrected chi connectivity index (χ3v) is 2.26. The highest BCUT2D eigenvalue weighted by atomic mass is 35.5. The summed E-state index contributed by atoms with van der Waals surface area (Å²) in [5.41, 5.74) is -4.47. The van der Waals surface area contributed by atoms with Crippen LogP contribution in [0.15, 0.2) is 6.20 Å². The van der Waals surface area contributed by atoms with E-state index in [9.17, 15) is 26.7 Å². The van der Waals surface area contributed by atoms with Crippen LogP contribution in [0.1, 0.15) is 27.9 Å². The largest absolute Gasteiger partial charge is 0.465 e. The molecule has 0 fully saturated rings. The summed E-state index contributed by atoms with van der Waals surface area (Å²) < 4.78 is 67.2. The molecule has 0 atom stereocenters. The van der Waals surface area contributed by atoms with Gasteiger partial charge in [0.1, 0.15) is 10.7 Å². The Hall–Kier alpha value is -1.44. The number of carbonyl (C=O) groups excluding carboxylic acids is 1. The first-order chi connectivity index (χ1) is 8.20. The van der Waals surface area contributed by atoms with Crippen LogP contribution in [-0.2, 0) is 10.9 Å². The second-order valence-corrected chi connectivity index (χ2v) is 3.40. The lowest BCUT2D eigenvalue weighted by atomic mass is 10.0. The number of aromatic nitrogens is 1. The van der Waals surface area contributed by atoms with E-state index in [-0.39, 0.29) is 6.20 Å². The van der Waals surface area contributed by atoms with Gasteiger partial charge in [-0.15, -0.1) is 0 Å². The van der Waals surface area contributed by atoms with Gasteiger partial charge in [-0.05, 0) is 0 Å². The average Bonchev–Trinajstić information content (AvgIpc) is 2.25. The van der Waals surface area contributed by atoms with Crippen LogP contribution in [0.5, 0.6) is 0 Å². The summed E-state index contributed by atoms with van der Waals surface area (Å²) in [5.74, 6) is -1.48. The summed E-state index contributed by atoms with van der Waals surface area (Å²) in [6.45, 7) is 0. The molecule has 0 spiro atoms. The van der Waals surface area contributed by atoms with Gasteiger partial charge < -0.3 is 4.74 Å². The van der Waals surface area contributed by atoms with Crippen molar-refractivity contribution in [2.24, 2.45) is 0 Å². The van der Waals surface area contributed by atoms with Crippen LogP contribution in [-0.4, -0.2) is 18.1 Å². The molecule has 1 aromatic heterocycles. The molecule has 1 aromatic rings. The molecular formula is C9H5ClF5NO2. The predicted octanol–water partition coefficient (Wildman–Crippen LogP) is 3.48. The molecule has 0 bridgehead atoms. The SMILES string of the molecule is COC(=O)c1c(Cl)ncc(C(F)F)c1C(F)(F)F. The van der Waals surface area contributed by atoms with Crippen molar-refractivity contribution in [3.8, 4) is 0 Å². The standard InChI is InChI=1S/C9H5ClF5NO2/c1-18-8(17)4-5(9(13,14)15)3(7(11)12)2-16-6(4)10/h2,7H,1H3. The highest BCUT2D eigenvalue weighted by Crippen LogP contribution is 2.40. The van der Waals surface area contributed by atoms with E-state index in [1.165, 1.54) is 0 Å². The highest BCUT2D eigenvalue weighted by molar-refractivity contribution is 6.32. The smallest absolute Gasteiger partial charge is 0.417 e. The van der Waals surface area contributed by atoms with Crippen molar-refractivity contribution in [3.63, 3.8) is 0 Å². The van der Waals surface area contributed by atoms with Crippen molar-refractivity contribution in [1.82, 2.24) is 4.98 Å². The number of rotatable bonds is 2. The Labute approximate surface area is 103 Å². The Kier molecular flexibility index (Phi) is 4.10. The Morgan fingerprint density at radius 1 is 1.44 bits per heavy atom. The number of alkyl halides is 5. The molecular weight excluding hydrogens is 285 g/mol. The van der Waals surface area contributed by atoms with Gasteiger partial charge in [0.15, 0.2) is 0 Å². The quantitative estimate of drug-likeness (QED) is 0.475. The zero-order valence-electron chi connectivity index (χ0n) is 8.69. The first kappa shape index (κ1) is 14.6. The third kappa shape index (κ3) is 2.69. The summed E-state index contributed by atoms with van der Waals surface area (Å²) in [4.78, 5) is 14.3. The number of ether oxygens (including phenoxy) is 1. The first-order valence-electron chi connectivity index (χ1n) is 4.32. The molecule has 3 nitrogen and oxygen atoms in total. The highest BCUT2D eigenvalue weighted by Gasteiger charge is 2.42. The molecule has 0 N–H and O–H groups in total. The molecule has 1 rings (SSSR count). The predicted molar refractivity (Wildman–Crippen MR) is 50.5 cm³/mol. The fourth-order valence-corrected chi connectivity index (χ4v) is 1.48. The molecule has 0 aliphatic carbocycles. The second-order valence-electron chi connectivity index (χ2n) is 3.04. The molecule has 9 heteroatoms. The fourth-order valence-electron chi connectivity index (χ4n) is 1.26. The van der Waals surface area contributed by atoms with Crippen molar-refractivity contribution in [2.45, 2.75) is 12.6 Å². The van der Waals surface area contributed by atoms with Crippen LogP contribution in [0.25, 0.3) is 0 Å². The molecule has 0 radical (unpaired) electrons. The minimum absolute atomic E-state index is 0.280. The number of hydrogen-bond acceptors (Lipinski definition) is 3. The third-order valence-electron chi connectivity index (χ3n) is 1.97. The van der Waals surface area contributed by atoms with Crippen LogP contribution in [0.3, 0.4) is 0 Å². The van der Waals surface area contributed by atoms with Gasteiger partial charge in [-0.25, -0.2) is 18.6 Å². The van der Waals surface area contributed by atoms with Gasteiger partial charge in [-0.3, -0.25) is 0 Å². The monoisotopic (exact) mass is 289 g/mol. The van der Waals surface area contributed by atoms with Crippen LogP contribution < -0.4 is 0 Å². The lowest BCUT2D eigenvalue weighted by molar-refractivity contribution is -0.140. The van der Waals surface area contributed by atoms with E-state index in [4.69, 9.17) is 11.6 Å². The van der Waals surface area contributed by atoms with Crippen molar-refractivity contribution >= 4 is 17.6 Å². The number of nitrogens with zero attached hydrogens (tertiary/aromatic N) is 1. The van der Waals surface area contributed by atoms with Gasteiger partial charge in [0.25, 0.3) is 6.43 Å². The van der Waals surface area contributed by atoms with E-state index in [0.717, 1.165) is 7.11 Å². The lowest BCUT2D eigenvalue weighted by Gasteiger charge is -2.16.